The monoisotopic (exact) mass is 324 g/mol. The van der Waals surface area contributed by atoms with Gasteiger partial charge >= 0.3 is 0 Å². The highest BCUT2D eigenvalue weighted by molar-refractivity contribution is 5.82. The maximum Gasteiger partial charge on any atom is 0.243 e. The third kappa shape index (κ3) is 2.15. The van der Waals surface area contributed by atoms with E-state index in [-0.39, 0.29) is 11.3 Å². The minimum atomic E-state index is -0.0631. The van der Waals surface area contributed by atoms with Gasteiger partial charge in [-0.3, -0.25) is 9.59 Å². The highest BCUT2D eigenvalue weighted by Crippen LogP contribution is 2.53. The average Bonchev–Trinajstić information content (AvgIpc) is 2.86. The van der Waals surface area contributed by atoms with Crippen molar-refractivity contribution in [3.63, 3.8) is 0 Å². The van der Waals surface area contributed by atoms with E-state index < -0.39 is 0 Å². The topological polar surface area (TPSA) is 52.0 Å². The number of carbonyl (C=O) groups is 2. The summed E-state index contributed by atoms with van der Waals surface area (Å²) < 4.78 is 1.44. The van der Waals surface area contributed by atoms with E-state index in [4.69, 9.17) is 0 Å². The van der Waals surface area contributed by atoms with E-state index in [2.05, 4.69) is 18.1 Å². The van der Waals surface area contributed by atoms with Crippen LogP contribution in [0, 0.1) is 5.92 Å². The standard InChI is InChI=1S/C20H24N2O2/c1-3-20-8-7-16(24)10-15(20)5-4-6-17-18-12-22(13(2)23)21-11-14(18)9-19(17)20/h9,11-12,15H,3-8,10H2,1-2H3. The lowest BCUT2D eigenvalue weighted by atomic mass is 9.60. The normalized spacial score (nSPS) is 26.8. The van der Waals surface area contributed by atoms with Crippen molar-refractivity contribution in [2.45, 2.75) is 64.2 Å². The largest absolute Gasteiger partial charge is 0.300 e. The average molecular weight is 324 g/mol. The van der Waals surface area contributed by atoms with Gasteiger partial charge in [0.2, 0.25) is 5.91 Å². The number of ketones is 1. The summed E-state index contributed by atoms with van der Waals surface area (Å²) >= 11 is 0. The molecule has 0 amide bonds. The summed E-state index contributed by atoms with van der Waals surface area (Å²) in [6, 6.07) is 2.29. The highest BCUT2D eigenvalue weighted by atomic mass is 16.2. The van der Waals surface area contributed by atoms with Gasteiger partial charge in [0.15, 0.2) is 0 Å². The Morgan fingerprint density at radius 1 is 1.42 bits per heavy atom. The predicted molar refractivity (Wildman–Crippen MR) is 92.4 cm³/mol. The molecule has 0 aromatic rings. The fourth-order valence-corrected chi connectivity index (χ4v) is 5.12. The second-order valence-corrected chi connectivity index (χ2v) is 7.48. The van der Waals surface area contributed by atoms with Crippen molar-refractivity contribution >= 4 is 11.7 Å². The van der Waals surface area contributed by atoms with Crippen molar-refractivity contribution in [1.29, 1.82) is 0 Å². The third-order valence-corrected chi connectivity index (χ3v) is 6.41. The molecule has 1 fully saturated rings. The molecule has 1 saturated carbocycles. The van der Waals surface area contributed by atoms with Gasteiger partial charge in [-0.2, -0.15) is 5.10 Å². The molecule has 0 spiro atoms. The van der Waals surface area contributed by atoms with Crippen LogP contribution in [0.3, 0.4) is 0 Å². The highest BCUT2D eigenvalue weighted by Gasteiger charge is 2.46. The summed E-state index contributed by atoms with van der Waals surface area (Å²) in [5.41, 5.74) is 5.24. The number of hydrogen-bond acceptors (Lipinski definition) is 3. The Labute approximate surface area is 142 Å². The van der Waals surface area contributed by atoms with Gasteiger partial charge < -0.3 is 0 Å². The van der Waals surface area contributed by atoms with Crippen LogP contribution in [0.4, 0.5) is 0 Å². The molecule has 4 rings (SSSR count). The molecule has 0 N–H and O–H groups in total. The van der Waals surface area contributed by atoms with E-state index in [1.54, 1.807) is 0 Å². The van der Waals surface area contributed by atoms with E-state index >= 15 is 0 Å². The van der Waals surface area contributed by atoms with Crippen LogP contribution in [0.1, 0.15) is 68.3 Å². The van der Waals surface area contributed by atoms with Crippen LogP contribution in [0.15, 0.2) is 18.5 Å². The summed E-state index contributed by atoms with van der Waals surface area (Å²) in [6.07, 6.45) is 10.5. The van der Waals surface area contributed by atoms with Crippen molar-refractivity contribution in [1.82, 2.24) is 9.78 Å². The number of carbonyl (C=O) groups excluding carboxylic acids is 2. The van der Waals surface area contributed by atoms with E-state index in [0.717, 1.165) is 44.1 Å². The van der Waals surface area contributed by atoms with Gasteiger partial charge in [-0.25, -0.2) is 4.68 Å². The minimum Gasteiger partial charge on any atom is -0.300 e. The van der Waals surface area contributed by atoms with Crippen molar-refractivity contribution in [2.75, 3.05) is 0 Å². The Morgan fingerprint density at radius 3 is 3.00 bits per heavy atom. The third-order valence-electron chi connectivity index (χ3n) is 6.41. The van der Waals surface area contributed by atoms with Crippen LogP contribution in [0.2, 0.25) is 0 Å². The van der Waals surface area contributed by atoms with Gasteiger partial charge in [-0.05, 0) is 60.6 Å². The van der Waals surface area contributed by atoms with Crippen LogP contribution in [0.25, 0.3) is 11.1 Å². The molecule has 1 heterocycles. The second kappa shape index (κ2) is 5.54. The summed E-state index contributed by atoms with van der Waals surface area (Å²) in [6.45, 7) is 3.81. The van der Waals surface area contributed by atoms with Gasteiger partial charge in [0.05, 0.1) is 6.20 Å². The lowest BCUT2D eigenvalue weighted by molar-refractivity contribution is -0.123. The van der Waals surface area contributed by atoms with Crippen LogP contribution in [-0.2, 0) is 16.6 Å². The number of nitrogens with zero attached hydrogens (tertiary/aromatic N) is 2. The van der Waals surface area contributed by atoms with E-state index in [1.807, 2.05) is 12.4 Å². The molecule has 0 aromatic carbocycles. The van der Waals surface area contributed by atoms with Gasteiger partial charge in [0.25, 0.3) is 0 Å². The van der Waals surface area contributed by atoms with Gasteiger partial charge in [-0.1, -0.05) is 6.92 Å². The first-order valence-corrected chi connectivity index (χ1v) is 9.08. The first-order chi connectivity index (χ1) is 11.5. The van der Waals surface area contributed by atoms with Crippen LogP contribution < -0.4 is 0 Å². The first-order valence-electron chi connectivity index (χ1n) is 9.08. The van der Waals surface area contributed by atoms with E-state index in [9.17, 15) is 9.59 Å². The molecule has 0 aromatic heterocycles. The lowest BCUT2D eigenvalue weighted by Crippen LogP contribution is -2.39. The molecule has 2 atom stereocenters. The fourth-order valence-electron chi connectivity index (χ4n) is 5.12. The van der Waals surface area contributed by atoms with Crippen LogP contribution in [-0.4, -0.2) is 21.5 Å². The van der Waals surface area contributed by atoms with Crippen molar-refractivity contribution < 1.29 is 9.59 Å². The number of Topliss-reactive ketones (excluding diaryl/α,β-unsaturated/α-hetero) is 1. The van der Waals surface area contributed by atoms with Gasteiger partial charge in [0, 0.05) is 37.1 Å². The maximum absolute atomic E-state index is 12.0. The minimum absolute atomic E-state index is 0.0631. The van der Waals surface area contributed by atoms with Gasteiger partial charge in [0.1, 0.15) is 5.78 Å². The zero-order valence-corrected chi connectivity index (χ0v) is 14.5. The maximum atomic E-state index is 12.0. The van der Waals surface area contributed by atoms with Crippen LogP contribution in [0.5, 0.6) is 0 Å². The number of fused-ring (bicyclic) bond motifs is 5. The van der Waals surface area contributed by atoms with Crippen LogP contribution >= 0.6 is 0 Å². The molecular formula is C20H24N2O2. The molecule has 1 aliphatic heterocycles. The van der Waals surface area contributed by atoms with Crippen molar-refractivity contribution in [3.8, 4) is 11.1 Å². The Balaban J connectivity index is 1.92. The van der Waals surface area contributed by atoms with Crippen molar-refractivity contribution in [2.24, 2.45) is 5.92 Å². The molecule has 4 nitrogen and oxygen atoms in total. The zero-order valence-electron chi connectivity index (χ0n) is 14.5. The van der Waals surface area contributed by atoms with Crippen molar-refractivity contribution in [3.05, 3.63) is 29.6 Å². The Hall–Kier alpha value is -1.97. The Morgan fingerprint density at radius 2 is 2.25 bits per heavy atom. The number of rotatable bonds is 1. The molecule has 4 heteroatoms. The number of hydrogen-bond donors (Lipinski definition) is 0. The number of aromatic nitrogens is 2. The molecule has 126 valence electrons. The van der Waals surface area contributed by atoms with Gasteiger partial charge in [-0.15, -0.1) is 0 Å². The smallest absolute Gasteiger partial charge is 0.243 e. The van der Waals surface area contributed by atoms with E-state index in [0.29, 0.717) is 18.1 Å². The summed E-state index contributed by atoms with van der Waals surface area (Å²) in [5.74, 6) is 0.834. The zero-order chi connectivity index (χ0) is 16.9. The molecule has 4 aliphatic rings. The SMILES string of the molecule is CCC12CCC(=O)CC1CCCc1c3cn(C(C)=O)ncc-3cc12. The molecule has 0 radical (unpaired) electrons. The molecule has 0 saturated heterocycles. The molecule has 24 heavy (non-hydrogen) atoms. The molecule has 2 unspecified atom stereocenters. The quantitative estimate of drug-likeness (QED) is 0.796. The first kappa shape index (κ1) is 15.6. The summed E-state index contributed by atoms with van der Waals surface area (Å²) in [7, 11) is 0. The molecule has 0 bridgehead atoms. The van der Waals surface area contributed by atoms with E-state index in [1.165, 1.54) is 28.3 Å². The fraction of sp³-hybridized carbons (Fsp3) is 0.550. The Bertz CT molecular complexity index is 791. The second-order valence-electron chi connectivity index (χ2n) is 7.48. The Kier molecular flexibility index (Phi) is 3.59. The molecule has 3 aliphatic carbocycles. The predicted octanol–water partition coefficient (Wildman–Crippen LogP) is 4.00. The summed E-state index contributed by atoms with van der Waals surface area (Å²) in [4.78, 5) is 23.7. The lowest BCUT2D eigenvalue weighted by Gasteiger charge is -2.43. The summed E-state index contributed by atoms with van der Waals surface area (Å²) in [5, 5.41) is 4.25. The molecular weight excluding hydrogens is 300 g/mol.